The minimum atomic E-state index is -0.565. The second kappa shape index (κ2) is 12.2. The van der Waals surface area contributed by atoms with Crippen LogP contribution < -0.4 is 19.5 Å². The summed E-state index contributed by atoms with van der Waals surface area (Å²) in [6.07, 6.45) is 2.18. The Morgan fingerprint density at radius 3 is 2.71 bits per heavy atom. The van der Waals surface area contributed by atoms with Crippen LogP contribution in [0, 0.1) is 18.3 Å². The van der Waals surface area contributed by atoms with E-state index in [1.54, 1.807) is 12.1 Å². The molecule has 0 aliphatic rings. The lowest BCUT2D eigenvalue weighted by Crippen LogP contribution is -2.13. The van der Waals surface area contributed by atoms with Gasteiger partial charge in [0.1, 0.15) is 35.6 Å². The number of ether oxygens (including phenoxy) is 3. The van der Waals surface area contributed by atoms with Crippen LogP contribution in [0.1, 0.15) is 23.1 Å². The molecule has 8 nitrogen and oxygen atoms in total. The van der Waals surface area contributed by atoms with E-state index in [-0.39, 0.29) is 5.57 Å². The van der Waals surface area contributed by atoms with Crippen molar-refractivity contribution >= 4 is 44.4 Å². The van der Waals surface area contributed by atoms with Gasteiger partial charge in [-0.3, -0.25) is 10.1 Å². The fourth-order valence-corrected chi connectivity index (χ4v) is 4.15. The number of rotatable bonds is 10. The molecule has 10 heteroatoms. The molecule has 1 heterocycles. The Morgan fingerprint density at radius 1 is 1.24 bits per heavy atom. The van der Waals surface area contributed by atoms with Gasteiger partial charge in [0, 0.05) is 0 Å². The Morgan fingerprint density at radius 2 is 2.03 bits per heavy atom. The molecule has 0 aliphatic carbocycles. The SMILES string of the molecule is CCc1nnc(NC(=O)C(C#N)=Cc2cc(Br)c(OCCOc3cccc(C)c3)c(OC)c2)s1. The van der Waals surface area contributed by atoms with E-state index in [9.17, 15) is 10.1 Å². The topological polar surface area (TPSA) is 106 Å². The highest BCUT2D eigenvalue weighted by molar-refractivity contribution is 9.10. The predicted octanol–water partition coefficient (Wildman–Crippen LogP) is 5.18. The lowest BCUT2D eigenvalue weighted by atomic mass is 10.1. The minimum Gasteiger partial charge on any atom is -0.493 e. The van der Waals surface area contributed by atoms with E-state index < -0.39 is 5.91 Å². The van der Waals surface area contributed by atoms with Gasteiger partial charge in [0.05, 0.1) is 11.6 Å². The van der Waals surface area contributed by atoms with E-state index in [1.165, 1.54) is 24.5 Å². The number of nitrogens with zero attached hydrogens (tertiary/aromatic N) is 3. The number of hydrogen-bond acceptors (Lipinski definition) is 8. The fraction of sp³-hybridized carbons (Fsp3) is 0.250. The van der Waals surface area contributed by atoms with Crippen LogP contribution in [0.5, 0.6) is 17.2 Å². The summed E-state index contributed by atoms with van der Waals surface area (Å²) < 4.78 is 17.7. The first-order chi connectivity index (χ1) is 16.4. The molecule has 0 aliphatic heterocycles. The van der Waals surface area contributed by atoms with Crippen LogP contribution in [0.3, 0.4) is 0 Å². The molecule has 0 saturated carbocycles. The van der Waals surface area contributed by atoms with E-state index in [0.29, 0.717) is 39.9 Å². The number of halogens is 1. The molecule has 0 bridgehead atoms. The molecule has 1 N–H and O–H groups in total. The number of anilines is 1. The highest BCUT2D eigenvalue weighted by atomic mass is 79.9. The summed E-state index contributed by atoms with van der Waals surface area (Å²) in [6.45, 7) is 4.60. The number of carbonyl (C=O) groups excluding carboxylic acids is 1. The monoisotopic (exact) mass is 542 g/mol. The smallest absolute Gasteiger partial charge is 0.268 e. The number of aryl methyl sites for hydroxylation is 2. The zero-order valence-corrected chi connectivity index (χ0v) is 21.3. The number of methoxy groups -OCH3 is 1. The molecular weight excluding hydrogens is 520 g/mol. The molecule has 0 atom stereocenters. The fourth-order valence-electron chi connectivity index (χ4n) is 2.90. The Balaban J connectivity index is 1.68. The highest BCUT2D eigenvalue weighted by Crippen LogP contribution is 2.37. The predicted molar refractivity (Wildman–Crippen MR) is 134 cm³/mol. The van der Waals surface area contributed by atoms with E-state index >= 15 is 0 Å². The molecule has 34 heavy (non-hydrogen) atoms. The summed E-state index contributed by atoms with van der Waals surface area (Å²) in [5.41, 5.74) is 1.62. The molecule has 3 aromatic rings. The van der Waals surface area contributed by atoms with Gasteiger partial charge in [-0.2, -0.15) is 5.26 Å². The zero-order chi connectivity index (χ0) is 24.5. The molecule has 0 saturated heterocycles. The Hall–Kier alpha value is -3.42. The Kier molecular flexibility index (Phi) is 9.01. The number of nitrogens with one attached hydrogen (secondary N) is 1. The molecule has 0 unspecified atom stereocenters. The third kappa shape index (κ3) is 6.79. The highest BCUT2D eigenvalue weighted by Gasteiger charge is 2.15. The van der Waals surface area contributed by atoms with Crippen molar-refractivity contribution in [2.75, 3.05) is 25.6 Å². The van der Waals surface area contributed by atoms with Crippen LogP contribution in [0.2, 0.25) is 0 Å². The van der Waals surface area contributed by atoms with Crippen molar-refractivity contribution < 1.29 is 19.0 Å². The van der Waals surface area contributed by atoms with Crippen LogP contribution in [-0.2, 0) is 11.2 Å². The molecule has 176 valence electrons. The number of carbonyl (C=O) groups is 1. The van der Waals surface area contributed by atoms with Gasteiger partial charge in [-0.25, -0.2) is 0 Å². The third-order valence-corrected chi connectivity index (χ3v) is 6.08. The van der Waals surface area contributed by atoms with Gasteiger partial charge >= 0.3 is 0 Å². The van der Waals surface area contributed by atoms with Crippen LogP contribution >= 0.6 is 27.3 Å². The zero-order valence-electron chi connectivity index (χ0n) is 18.9. The van der Waals surface area contributed by atoms with Gasteiger partial charge in [-0.05, 0) is 70.7 Å². The largest absolute Gasteiger partial charge is 0.493 e. The first kappa shape index (κ1) is 25.2. The summed E-state index contributed by atoms with van der Waals surface area (Å²) in [4.78, 5) is 12.5. The molecular formula is C24H23BrN4O4S. The standard InChI is InChI=1S/C24H23BrN4O4S/c1-4-21-28-29-24(34-21)27-23(30)17(14-26)11-16-12-19(25)22(20(13-16)31-3)33-9-8-32-18-7-5-6-15(2)10-18/h5-7,10-13H,4,8-9H2,1-3H3,(H,27,29,30). The summed E-state index contributed by atoms with van der Waals surface area (Å²) in [7, 11) is 1.52. The normalized spacial score (nSPS) is 11.0. The average Bonchev–Trinajstić information content (AvgIpc) is 3.28. The Labute approximate surface area is 210 Å². The molecule has 1 aromatic heterocycles. The van der Waals surface area contributed by atoms with E-state index in [0.717, 1.165) is 22.7 Å². The van der Waals surface area contributed by atoms with Crippen LogP contribution in [0.15, 0.2) is 46.4 Å². The van der Waals surface area contributed by atoms with Gasteiger partial charge in [-0.15, -0.1) is 10.2 Å². The van der Waals surface area contributed by atoms with Crippen molar-refractivity contribution in [1.82, 2.24) is 10.2 Å². The molecule has 1 amide bonds. The molecule has 3 rings (SSSR count). The number of aromatic nitrogens is 2. The first-order valence-electron chi connectivity index (χ1n) is 10.4. The van der Waals surface area contributed by atoms with Gasteiger partial charge in [-0.1, -0.05) is 30.4 Å². The maximum atomic E-state index is 12.5. The van der Waals surface area contributed by atoms with Gasteiger partial charge in [0.2, 0.25) is 5.13 Å². The van der Waals surface area contributed by atoms with Crippen molar-refractivity contribution in [2.24, 2.45) is 0 Å². The lowest BCUT2D eigenvalue weighted by molar-refractivity contribution is -0.112. The maximum absolute atomic E-state index is 12.5. The molecule has 2 aromatic carbocycles. The quantitative estimate of drug-likeness (QED) is 0.213. The number of benzene rings is 2. The van der Waals surface area contributed by atoms with Gasteiger partial charge in [0.15, 0.2) is 11.5 Å². The van der Waals surface area contributed by atoms with E-state index in [1.807, 2.05) is 44.2 Å². The van der Waals surface area contributed by atoms with Crippen molar-refractivity contribution in [3.63, 3.8) is 0 Å². The Bertz CT molecular complexity index is 1240. The number of nitriles is 1. The van der Waals surface area contributed by atoms with Gasteiger partial charge < -0.3 is 14.2 Å². The minimum absolute atomic E-state index is 0.0811. The summed E-state index contributed by atoms with van der Waals surface area (Å²) in [5.74, 6) is 1.16. The van der Waals surface area contributed by atoms with Crippen molar-refractivity contribution in [3.8, 4) is 23.3 Å². The molecule has 0 fully saturated rings. The molecule has 0 radical (unpaired) electrons. The van der Waals surface area contributed by atoms with Crippen molar-refractivity contribution in [2.45, 2.75) is 20.3 Å². The number of amides is 1. The van der Waals surface area contributed by atoms with Crippen molar-refractivity contribution in [3.05, 3.63) is 62.6 Å². The second-order valence-corrected chi connectivity index (χ2v) is 8.94. The summed E-state index contributed by atoms with van der Waals surface area (Å²) >= 11 is 4.75. The van der Waals surface area contributed by atoms with Crippen LogP contribution in [0.4, 0.5) is 5.13 Å². The third-order valence-electron chi connectivity index (χ3n) is 4.51. The summed E-state index contributed by atoms with van der Waals surface area (Å²) in [5, 5.41) is 21.1. The molecule has 0 spiro atoms. The lowest BCUT2D eigenvalue weighted by Gasteiger charge is -2.14. The van der Waals surface area contributed by atoms with Crippen LogP contribution in [-0.4, -0.2) is 36.4 Å². The first-order valence-corrected chi connectivity index (χ1v) is 12.0. The summed E-state index contributed by atoms with van der Waals surface area (Å²) in [6, 6.07) is 13.1. The van der Waals surface area contributed by atoms with Crippen molar-refractivity contribution in [1.29, 1.82) is 5.26 Å². The van der Waals surface area contributed by atoms with Crippen LogP contribution in [0.25, 0.3) is 6.08 Å². The second-order valence-electron chi connectivity index (χ2n) is 7.03. The number of hydrogen-bond donors (Lipinski definition) is 1. The average molecular weight is 543 g/mol. The van der Waals surface area contributed by atoms with Gasteiger partial charge in [0.25, 0.3) is 5.91 Å². The van der Waals surface area contributed by atoms with E-state index in [4.69, 9.17) is 14.2 Å². The maximum Gasteiger partial charge on any atom is 0.268 e. The van der Waals surface area contributed by atoms with E-state index in [2.05, 4.69) is 31.4 Å².